The lowest BCUT2D eigenvalue weighted by Gasteiger charge is -2.11. The van der Waals surface area contributed by atoms with E-state index in [-0.39, 0.29) is 0 Å². The van der Waals surface area contributed by atoms with Crippen LogP contribution < -0.4 is 0 Å². The van der Waals surface area contributed by atoms with Crippen molar-refractivity contribution in [1.29, 1.82) is 0 Å². The van der Waals surface area contributed by atoms with Gasteiger partial charge in [-0.25, -0.2) is 0 Å². The fraction of sp³-hybridized carbons (Fsp3) is 0.333. The SMILES string of the molecule is CCCCc1ccc(C(Br)Cc2ccc(Br)cc2)cc1. The largest absolute Gasteiger partial charge is 0.0835 e. The number of halogens is 2. The molecular formula is C18H20Br2. The highest BCUT2D eigenvalue weighted by atomic mass is 79.9. The van der Waals surface area contributed by atoms with E-state index in [4.69, 9.17) is 0 Å². The summed E-state index contributed by atoms with van der Waals surface area (Å²) in [6.07, 6.45) is 4.74. The van der Waals surface area contributed by atoms with Gasteiger partial charge in [0, 0.05) is 9.30 Å². The molecule has 20 heavy (non-hydrogen) atoms. The molecule has 0 spiro atoms. The van der Waals surface area contributed by atoms with E-state index < -0.39 is 0 Å². The summed E-state index contributed by atoms with van der Waals surface area (Å²) in [5, 5.41) is 0. The zero-order chi connectivity index (χ0) is 14.4. The third-order valence-electron chi connectivity index (χ3n) is 3.49. The van der Waals surface area contributed by atoms with E-state index in [0.717, 1.165) is 10.9 Å². The molecular weight excluding hydrogens is 376 g/mol. The second kappa shape index (κ2) is 7.99. The van der Waals surface area contributed by atoms with Crippen molar-refractivity contribution in [3.8, 4) is 0 Å². The van der Waals surface area contributed by atoms with Crippen LogP contribution in [0.2, 0.25) is 0 Å². The first kappa shape index (κ1) is 15.8. The van der Waals surface area contributed by atoms with Gasteiger partial charge in [0.25, 0.3) is 0 Å². The molecule has 2 aromatic carbocycles. The number of hydrogen-bond donors (Lipinski definition) is 0. The van der Waals surface area contributed by atoms with E-state index in [2.05, 4.69) is 87.3 Å². The number of alkyl halides is 1. The molecule has 0 aliphatic carbocycles. The van der Waals surface area contributed by atoms with E-state index in [9.17, 15) is 0 Å². The fourth-order valence-corrected chi connectivity index (χ4v) is 3.16. The summed E-state index contributed by atoms with van der Waals surface area (Å²) in [7, 11) is 0. The van der Waals surface area contributed by atoms with Crippen LogP contribution in [0.5, 0.6) is 0 Å². The molecule has 0 nitrogen and oxygen atoms in total. The van der Waals surface area contributed by atoms with Crippen molar-refractivity contribution in [3.05, 3.63) is 69.7 Å². The Morgan fingerprint density at radius 2 is 1.50 bits per heavy atom. The zero-order valence-electron chi connectivity index (χ0n) is 11.8. The van der Waals surface area contributed by atoms with Crippen molar-refractivity contribution < 1.29 is 0 Å². The van der Waals surface area contributed by atoms with E-state index in [0.29, 0.717) is 4.83 Å². The van der Waals surface area contributed by atoms with Crippen molar-refractivity contribution in [2.24, 2.45) is 0 Å². The average Bonchev–Trinajstić information content (AvgIpc) is 2.48. The molecule has 0 aromatic heterocycles. The Bertz CT molecular complexity index is 514. The van der Waals surface area contributed by atoms with Gasteiger partial charge < -0.3 is 0 Å². The molecule has 106 valence electrons. The smallest absolute Gasteiger partial charge is 0.0435 e. The van der Waals surface area contributed by atoms with E-state index in [1.807, 2.05) is 0 Å². The Labute approximate surface area is 138 Å². The number of aryl methyl sites for hydroxylation is 1. The highest BCUT2D eigenvalue weighted by Crippen LogP contribution is 2.28. The third kappa shape index (κ3) is 4.75. The lowest BCUT2D eigenvalue weighted by atomic mass is 10.0. The average molecular weight is 396 g/mol. The van der Waals surface area contributed by atoms with Crippen LogP contribution in [0.25, 0.3) is 0 Å². The Kier molecular flexibility index (Phi) is 6.31. The van der Waals surface area contributed by atoms with Gasteiger partial charge in [-0.15, -0.1) is 0 Å². The van der Waals surface area contributed by atoms with E-state index in [1.165, 1.54) is 36.0 Å². The lowest BCUT2D eigenvalue weighted by molar-refractivity contribution is 0.794. The molecule has 0 heterocycles. The number of rotatable bonds is 6. The summed E-state index contributed by atoms with van der Waals surface area (Å²) in [5.41, 5.74) is 4.15. The second-order valence-electron chi connectivity index (χ2n) is 5.14. The summed E-state index contributed by atoms with van der Waals surface area (Å²) < 4.78 is 1.13. The predicted molar refractivity (Wildman–Crippen MR) is 94.6 cm³/mol. The van der Waals surface area contributed by atoms with Gasteiger partial charge >= 0.3 is 0 Å². The minimum absolute atomic E-state index is 0.379. The van der Waals surface area contributed by atoms with E-state index in [1.54, 1.807) is 0 Å². The molecule has 0 N–H and O–H groups in total. The minimum atomic E-state index is 0.379. The molecule has 0 saturated heterocycles. The Hall–Kier alpha value is -0.600. The highest BCUT2D eigenvalue weighted by molar-refractivity contribution is 9.10. The maximum absolute atomic E-state index is 3.81. The molecule has 2 aromatic rings. The molecule has 0 bridgehead atoms. The van der Waals surface area contributed by atoms with Gasteiger partial charge in [0.1, 0.15) is 0 Å². The molecule has 0 aliphatic rings. The first-order valence-corrected chi connectivity index (χ1v) is 8.87. The molecule has 0 aliphatic heterocycles. The highest BCUT2D eigenvalue weighted by Gasteiger charge is 2.08. The summed E-state index contributed by atoms with van der Waals surface area (Å²) in [6.45, 7) is 2.24. The van der Waals surface area contributed by atoms with Crippen LogP contribution in [0, 0.1) is 0 Å². The van der Waals surface area contributed by atoms with Gasteiger partial charge in [-0.1, -0.05) is 81.6 Å². The quantitative estimate of drug-likeness (QED) is 0.491. The van der Waals surface area contributed by atoms with Gasteiger partial charge in [0.15, 0.2) is 0 Å². The van der Waals surface area contributed by atoms with Gasteiger partial charge in [-0.3, -0.25) is 0 Å². The van der Waals surface area contributed by atoms with Crippen molar-refractivity contribution in [2.45, 2.75) is 37.4 Å². The van der Waals surface area contributed by atoms with E-state index >= 15 is 0 Å². The first-order chi connectivity index (χ1) is 9.69. The van der Waals surface area contributed by atoms with Crippen LogP contribution in [-0.2, 0) is 12.8 Å². The molecule has 1 unspecified atom stereocenters. The first-order valence-electron chi connectivity index (χ1n) is 7.16. The Morgan fingerprint density at radius 3 is 2.10 bits per heavy atom. The Balaban J connectivity index is 1.98. The van der Waals surface area contributed by atoms with Crippen molar-refractivity contribution in [1.82, 2.24) is 0 Å². The van der Waals surface area contributed by atoms with Gasteiger partial charge in [-0.05, 0) is 48.1 Å². The van der Waals surface area contributed by atoms with Crippen LogP contribution in [0.15, 0.2) is 53.0 Å². The van der Waals surface area contributed by atoms with Crippen LogP contribution in [0.3, 0.4) is 0 Å². The normalized spacial score (nSPS) is 12.3. The van der Waals surface area contributed by atoms with Crippen LogP contribution in [0.1, 0.15) is 41.3 Å². The molecule has 0 saturated carbocycles. The Morgan fingerprint density at radius 1 is 0.900 bits per heavy atom. The molecule has 1 atom stereocenters. The monoisotopic (exact) mass is 394 g/mol. The van der Waals surface area contributed by atoms with Crippen molar-refractivity contribution in [3.63, 3.8) is 0 Å². The predicted octanol–water partition coefficient (Wildman–Crippen LogP) is 6.47. The summed E-state index contributed by atoms with van der Waals surface area (Å²) in [4.78, 5) is 0.379. The maximum atomic E-state index is 3.81. The van der Waals surface area contributed by atoms with Gasteiger partial charge in [0.2, 0.25) is 0 Å². The van der Waals surface area contributed by atoms with Gasteiger partial charge in [0.05, 0.1) is 0 Å². The van der Waals surface area contributed by atoms with Crippen LogP contribution in [0.4, 0.5) is 0 Å². The summed E-state index contributed by atoms with van der Waals surface area (Å²) in [6, 6.07) is 17.6. The van der Waals surface area contributed by atoms with Gasteiger partial charge in [-0.2, -0.15) is 0 Å². The molecule has 2 rings (SSSR count). The maximum Gasteiger partial charge on any atom is 0.0435 e. The summed E-state index contributed by atoms with van der Waals surface area (Å²) in [5.74, 6) is 0. The van der Waals surface area contributed by atoms with Crippen molar-refractivity contribution >= 4 is 31.9 Å². The van der Waals surface area contributed by atoms with Crippen LogP contribution >= 0.6 is 31.9 Å². The lowest BCUT2D eigenvalue weighted by Crippen LogP contribution is -1.96. The molecule has 0 radical (unpaired) electrons. The summed E-state index contributed by atoms with van der Waals surface area (Å²) >= 11 is 7.28. The molecule has 2 heteroatoms. The minimum Gasteiger partial charge on any atom is -0.0835 e. The van der Waals surface area contributed by atoms with Crippen LogP contribution in [-0.4, -0.2) is 0 Å². The number of benzene rings is 2. The topological polar surface area (TPSA) is 0 Å². The van der Waals surface area contributed by atoms with Crippen molar-refractivity contribution in [2.75, 3.05) is 0 Å². The fourth-order valence-electron chi connectivity index (χ4n) is 2.22. The number of unbranched alkanes of at least 4 members (excludes halogenated alkanes) is 1. The molecule has 0 amide bonds. The molecule has 0 fully saturated rings. The number of hydrogen-bond acceptors (Lipinski definition) is 0. The standard InChI is InChI=1S/C18H20Br2/c1-2-3-4-14-5-9-16(10-6-14)18(20)13-15-7-11-17(19)12-8-15/h5-12,18H,2-4,13H2,1H3. The third-order valence-corrected chi connectivity index (χ3v) is 4.87. The zero-order valence-corrected chi connectivity index (χ0v) is 15.0. The second-order valence-corrected chi connectivity index (χ2v) is 7.16.